The van der Waals surface area contributed by atoms with Gasteiger partial charge in [0, 0.05) is 31.8 Å². The summed E-state index contributed by atoms with van der Waals surface area (Å²) < 4.78 is 0.722. The van der Waals surface area contributed by atoms with E-state index in [-0.39, 0.29) is 26.2 Å². The maximum Gasteiger partial charge on any atom is 0.138 e. The molecule has 0 heterocycles. The molecule has 2 rings (SSSR count). The first-order valence-corrected chi connectivity index (χ1v) is 7.79. The minimum Gasteiger partial charge on any atom is -0.376 e. The molecule has 0 aliphatic rings. The molecule has 0 spiro atoms. The van der Waals surface area contributed by atoms with Crippen LogP contribution in [0.5, 0.6) is 0 Å². The van der Waals surface area contributed by atoms with Gasteiger partial charge < -0.3 is 10.0 Å². The van der Waals surface area contributed by atoms with E-state index in [1.54, 1.807) is 16.7 Å². The Labute approximate surface area is 148 Å². The molecule has 0 aliphatic carbocycles. The van der Waals surface area contributed by atoms with Gasteiger partial charge in [0.2, 0.25) is 0 Å². The zero-order chi connectivity index (χ0) is 14.2. The topological polar surface area (TPSA) is 23.5 Å². The molecule has 0 unspecified atom stereocenters. The Morgan fingerprint density at radius 1 is 0.952 bits per heavy atom. The van der Waals surface area contributed by atoms with Gasteiger partial charge in [-0.05, 0) is 11.1 Å². The number of aliphatic hydroxyl groups excluding tert-OH is 1. The van der Waals surface area contributed by atoms with Crippen molar-refractivity contribution in [3.63, 3.8) is 0 Å². The molecule has 2 nitrogen and oxygen atoms in total. The first kappa shape index (κ1) is 18.3. The van der Waals surface area contributed by atoms with Gasteiger partial charge >= 0.3 is 0 Å². The van der Waals surface area contributed by atoms with Crippen LogP contribution in [0.4, 0.5) is 0 Å². The van der Waals surface area contributed by atoms with E-state index >= 15 is 0 Å². The van der Waals surface area contributed by atoms with E-state index in [4.69, 9.17) is 12.2 Å². The molecule has 5 heteroatoms. The van der Waals surface area contributed by atoms with Gasteiger partial charge in [-0.25, -0.2) is 0 Å². The van der Waals surface area contributed by atoms with Gasteiger partial charge in [-0.1, -0.05) is 84.6 Å². The third-order valence-electron chi connectivity index (χ3n) is 2.85. The summed E-state index contributed by atoms with van der Waals surface area (Å²) in [5.41, 5.74) is 2.38. The van der Waals surface area contributed by atoms with Crippen LogP contribution in [0, 0.1) is 0 Å². The Bertz CT molecular complexity index is 536. The standard InChI is InChI=1S/C16H17NOS2.Zn/c18-13-17(11-14-7-3-1-4-8-14)16(19)20-12-15-9-5-2-6-10-15;/h1-10,18H,11-13H2;. The number of thioether (sulfide) groups is 1. The molecule has 106 valence electrons. The zero-order valence-corrected chi connectivity index (χ0v) is 16.4. The van der Waals surface area contributed by atoms with Gasteiger partial charge in [0.05, 0.1) is 0 Å². The van der Waals surface area contributed by atoms with Crippen LogP contribution in [0.2, 0.25) is 0 Å². The van der Waals surface area contributed by atoms with E-state index in [0.29, 0.717) is 6.54 Å². The summed E-state index contributed by atoms with van der Waals surface area (Å²) in [5, 5.41) is 9.48. The molecule has 21 heavy (non-hydrogen) atoms. The van der Waals surface area contributed by atoms with Crippen molar-refractivity contribution in [1.82, 2.24) is 4.90 Å². The van der Waals surface area contributed by atoms with Crippen LogP contribution in [-0.4, -0.2) is 21.1 Å². The third kappa shape index (κ3) is 6.27. The van der Waals surface area contributed by atoms with Crippen LogP contribution in [0.25, 0.3) is 0 Å². The molecule has 2 aromatic rings. The van der Waals surface area contributed by atoms with Gasteiger partial charge in [0.25, 0.3) is 0 Å². The summed E-state index contributed by atoms with van der Waals surface area (Å²) in [5.74, 6) is 0.824. The third-order valence-corrected chi connectivity index (χ3v) is 4.44. The first-order valence-electron chi connectivity index (χ1n) is 6.40. The molecule has 0 atom stereocenters. The minimum atomic E-state index is -0.0600. The monoisotopic (exact) mass is 367 g/mol. The van der Waals surface area contributed by atoms with Crippen molar-refractivity contribution in [2.45, 2.75) is 12.3 Å². The fraction of sp³-hybridized carbons (Fsp3) is 0.188. The Morgan fingerprint density at radius 3 is 2.00 bits per heavy atom. The number of benzene rings is 2. The normalized spacial score (nSPS) is 9.76. The zero-order valence-electron chi connectivity index (χ0n) is 11.8. The molecule has 0 bridgehead atoms. The van der Waals surface area contributed by atoms with E-state index in [1.165, 1.54) is 5.56 Å². The van der Waals surface area contributed by atoms with Crippen molar-refractivity contribution in [2.75, 3.05) is 6.73 Å². The molecule has 0 fully saturated rings. The van der Waals surface area contributed by atoms with Crippen molar-refractivity contribution in [1.29, 1.82) is 0 Å². The Balaban J connectivity index is 0.00000220. The molecular formula is C16H17NOS2Zn. The number of hydrogen-bond acceptors (Lipinski definition) is 3. The van der Waals surface area contributed by atoms with E-state index in [0.717, 1.165) is 15.6 Å². The van der Waals surface area contributed by atoms with E-state index < -0.39 is 0 Å². The summed E-state index contributed by atoms with van der Waals surface area (Å²) in [6.45, 7) is 0.577. The van der Waals surface area contributed by atoms with Gasteiger partial charge in [-0.15, -0.1) is 0 Å². The summed E-state index contributed by atoms with van der Waals surface area (Å²) in [7, 11) is 0. The van der Waals surface area contributed by atoms with Crippen LogP contribution in [0.1, 0.15) is 11.1 Å². The molecule has 0 saturated heterocycles. The summed E-state index contributed by atoms with van der Waals surface area (Å²) in [6.07, 6.45) is 0. The number of nitrogens with zero attached hydrogens (tertiary/aromatic N) is 1. The maximum atomic E-state index is 9.48. The molecular weight excluding hydrogens is 352 g/mol. The minimum absolute atomic E-state index is 0. The van der Waals surface area contributed by atoms with Crippen molar-refractivity contribution >= 4 is 28.3 Å². The van der Waals surface area contributed by atoms with Crippen LogP contribution in [0.15, 0.2) is 60.7 Å². The van der Waals surface area contributed by atoms with Crippen molar-refractivity contribution in [3.05, 3.63) is 71.8 Å². The van der Waals surface area contributed by atoms with E-state index in [2.05, 4.69) is 12.1 Å². The second-order valence-corrected chi connectivity index (χ2v) is 5.97. The average Bonchev–Trinajstić information content (AvgIpc) is 2.52. The van der Waals surface area contributed by atoms with E-state index in [9.17, 15) is 5.11 Å². The first-order chi connectivity index (χ1) is 9.79. The van der Waals surface area contributed by atoms with Crippen molar-refractivity contribution in [2.24, 2.45) is 0 Å². The smallest absolute Gasteiger partial charge is 0.138 e. The van der Waals surface area contributed by atoms with Crippen LogP contribution in [-0.2, 0) is 31.8 Å². The number of rotatable bonds is 5. The number of aliphatic hydroxyl groups is 1. The van der Waals surface area contributed by atoms with Gasteiger partial charge in [-0.2, -0.15) is 0 Å². The van der Waals surface area contributed by atoms with Gasteiger partial charge in [0.15, 0.2) is 0 Å². The average molecular weight is 369 g/mol. The van der Waals surface area contributed by atoms with Crippen molar-refractivity contribution < 1.29 is 24.6 Å². The fourth-order valence-electron chi connectivity index (χ4n) is 1.79. The second-order valence-electron chi connectivity index (χ2n) is 4.37. The molecule has 0 aliphatic heterocycles. The van der Waals surface area contributed by atoms with Crippen molar-refractivity contribution in [3.8, 4) is 0 Å². The second kappa shape index (κ2) is 10.1. The molecule has 2 aromatic carbocycles. The molecule has 0 radical (unpaired) electrons. The predicted molar refractivity (Wildman–Crippen MR) is 89.4 cm³/mol. The Hall–Kier alpha value is -0.737. The fourth-order valence-corrected chi connectivity index (χ4v) is 2.87. The van der Waals surface area contributed by atoms with Crippen LogP contribution >= 0.6 is 24.0 Å². The quantitative estimate of drug-likeness (QED) is 0.494. The predicted octanol–water partition coefficient (Wildman–Crippen LogP) is 3.65. The van der Waals surface area contributed by atoms with Gasteiger partial charge in [0.1, 0.15) is 11.1 Å². The number of thiocarbonyl (C=S) groups is 1. The molecule has 0 amide bonds. The Kier molecular flexibility index (Phi) is 8.78. The molecule has 0 saturated carbocycles. The maximum absolute atomic E-state index is 9.48. The summed E-state index contributed by atoms with van der Waals surface area (Å²) in [4.78, 5) is 1.80. The summed E-state index contributed by atoms with van der Waals surface area (Å²) in [6, 6.07) is 20.2. The van der Waals surface area contributed by atoms with E-state index in [1.807, 2.05) is 48.5 Å². The summed E-state index contributed by atoms with van der Waals surface area (Å²) >= 11 is 6.98. The van der Waals surface area contributed by atoms with Crippen LogP contribution in [0.3, 0.4) is 0 Å². The number of hydrogen-bond donors (Lipinski definition) is 1. The molecule has 1 N–H and O–H groups in total. The van der Waals surface area contributed by atoms with Crippen LogP contribution < -0.4 is 0 Å². The largest absolute Gasteiger partial charge is 0.376 e. The SMILES string of the molecule is OCN(Cc1ccccc1)C(=S)SCc1ccccc1.[Zn]. The van der Waals surface area contributed by atoms with Gasteiger partial charge in [-0.3, -0.25) is 0 Å². The Morgan fingerprint density at radius 2 is 1.48 bits per heavy atom. The molecule has 0 aromatic heterocycles.